The molecule has 0 aliphatic rings. The zero-order valence-corrected chi connectivity index (χ0v) is 14.1. The largest absolute Gasteiger partial charge is 0.324 e. The van der Waals surface area contributed by atoms with Crippen LogP contribution in [0.2, 0.25) is 0 Å². The van der Waals surface area contributed by atoms with Gasteiger partial charge in [-0.25, -0.2) is 4.98 Å². The topological polar surface area (TPSA) is 43.6 Å². The Bertz CT molecular complexity index is 1210. The van der Waals surface area contributed by atoms with Crippen LogP contribution >= 0.6 is 0 Å². The van der Waals surface area contributed by atoms with Crippen LogP contribution in [-0.2, 0) is 6.54 Å². The number of hydrogen-bond donors (Lipinski definition) is 0. The molecule has 0 saturated carbocycles. The Morgan fingerprint density at radius 2 is 1.42 bits per heavy atom. The van der Waals surface area contributed by atoms with Gasteiger partial charge in [-0.15, -0.1) is 5.10 Å². The van der Waals surface area contributed by atoms with E-state index in [1.54, 1.807) is 0 Å². The fraction of sp³-hybridized carbons (Fsp3) is 0.0455. The molecular weight excluding hydrogens is 320 g/mol. The minimum atomic E-state index is 0.642. The number of para-hydroxylation sites is 2. The van der Waals surface area contributed by atoms with Gasteiger partial charge in [-0.3, -0.25) is 0 Å². The van der Waals surface area contributed by atoms with Gasteiger partial charge in [0.15, 0.2) is 0 Å². The van der Waals surface area contributed by atoms with Crippen molar-refractivity contribution < 1.29 is 0 Å². The first kappa shape index (κ1) is 14.8. The van der Waals surface area contributed by atoms with E-state index in [1.807, 2.05) is 54.9 Å². The van der Waals surface area contributed by atoms with E-state index in [1.165, 1.54) is 0 Å². The Morgan fingerprint density at radius 1 is 0.692 bits per heavy atom. The van der Waals surface area contributed by atoms with Gasteiger partial charge in [-0.1, -0.05) is 66.7 Å². The molecule has 0 radical (unpaired) electrons. The van der Waals surface area contributed by atoms with Crippen LogP contribution < -0.4 is 0 Å². The molecule has 2 aromatic heterocycles. The van der Waals surface area contributed by atoms with Crippen molar-refractivity contribution in [1.82, 2.24) is 19.7 Å². The van der Waals surface area contributed by atoms with Crippen LogP contribution in [0.1, 0.15) is 5.69 Å². The van der Waals surface area contributed by atoms with E-state index in [0.717, 1.165) is 38.8 Å². The number of aromatic nitrogens is 4. The van der Waals surface area contributed by atoms with E-state index in [4.69, 9.17) is 0 Å². The Labute approximate surface area is 150 Å². The molecule has 5 aromatic rings. The first-order valence-electron chi connectivity index (χ1n) is 8.60. The second-order valence-electron chi connectivity index (χ2n) is 6.27. The van der Waals surface area contributed by atoms with E-state index >= 15 is 0 Å². The lowest BCUT2D eigenvalue weighted by Gasteiger charge is -2.10. The summed E-state index contributed by atoms with van der Waals surface area (Å²) in [5, 5.41) is 11.4. The minimum Gasteiger partial charge on any atom is -0.324 e. The van der Waals surface area contributed by atoms with Crippen molar-refractivity contribution in [2.75, 3.05) is 0 Å². The van der Waals surface area contributed by atoms with Crippen molar-refractivity contribution in [1.29, 1.82) is 0 Å². The van der Waals surface area contributed by atoms with E-state index in [2.05, 4.69) is 50.1 Å². The summed E-state index contributed by atoms with van der Waals surface area (Å²) in [6, 6.07) is 26.7. The van der Waals surface area contributed by atoms with E-state index in [0.29, 0.717) is 6.54 Å². The van der Waals surface area contributed by atoms with E-state index in [9.17, 15) is 0 Å². The van der Waals surface area contributed by atoms with Crippen LogP contribution in [0.5, 0.6) is 0 Å². The molecule has 0 fully saturated rings. The van der Waals surface area contributed by atoms with Gasteiger partial charge in [0.1, 0.15) is 5.69 Å². The quantitative estimate of drug-likeness (QED) is 0.480. The number of hydrogen-bond acceptors (Lipinski definition) is 3. The maximum Gasteiger partial charge on any atom is 0.101 e. The number of rotatable bonds is 3. The second kappa shape index (κ2) is 6.08. The van der Waals surface area contributed by atoms with Gasteiger partial charge < -0.3 is 4.57 Å². The highest BCUT2D eigenvalue weighted by molar-refractivity contribution is 5.95. The summed E-state index contributed by atoms with van der Waals surface area (Å²) in [5.74, 6) is 0. The van der Waals surface area contributed by atoms with Crippen LogP contribution in [0.4, 0.5) is 0 Å². The predicted octanol–water partition coefficient (Wildman–Crippen LogP) is 4.69. The molecule has 0 bridgehead atoms. The third-order valence-corrected chi connectivity index (χ3v) is 4.66. The van der Waals surface area contributed by atoms with Gasteiger partial charge in [0, 0.05) is 16.3 Å². The first-order chi connectivity index (χ1) is 12.9. The van der Waals surface area contributed by atoms with Crippen molar-refractivity contribution in [2.45, 2.75) is 6.54 Å². The van der Waals surface area contributed by atoms with Crippen LogP contribution in [0.15, 0.2) is 85.2 Å². The first-order valence-corrected chi connectivity index (χ1v) is 8.60. The average molecular weight is 336 g/mol. The lowest BCUT2D eigenvalue weighted by atomic mass is 10.0. The molecule has 5 rings (SSSR count). The standard InChI is InChI=1S/C22H16N4/c1-2-8-16(9-3-1)22-18-11-5-4-10-17(18)20(24-25-22)14-26-15-23-19-12-6-7-13-21(19)26/h1-13,15H,14H2. The van der Waals surface area contributed by atoms with Gasteiger partial charge in [0.2, 0.25) is 0 Å². The highest BCUT2D eigenvalue weighted by atomic mass is 15.1. The van der Waals surface area contributed by atoms with Crippen molar-refractivity contribution in [3.05, 3.63) is 90.9 Å². The smallest absolute Gasteiger partial charge is 0.101 e. The van der Waals surface area contributed by atoms with Crippen LogP contribution in [-0.4, -0.2) is 19.7 Å². The maximum atomic E-state index is 4.57. The summed E-state index contributed by atoms with van der Waals surface area (Å²) in [4.78, 5) is 4.47. The van der Waals surface area contributed by atoms with Gasteiger partial charge in [0.25, 0.3) is 0 Å². The molecule has 3 aromatic carbocycles. The van der Waals surface area contributed by atoms with E-state index < -0.39 is 0 Å². The van der Waals surface area contributed by atoms with E-state index in [-0.39, 0.29) is 0 Å². The Balaban J connectivity index is 1.66. The zero-order valence-electron chi connectivity index (χ0n) is 14.1. The number of benzene rings is 3. The molecular formula is C22H16N4. The summed E-state index contributed by atoms with van der Waals surface area (Å²) in [7, 11) is 0. The van der Waals surface area contributed by atoms with Crippen LogP contribution in [0, 0.1) is 0 Å². The molecule has 0 atom stereocenters. The highest BCUT2D eigenvalue weighted by Crippen LogP contribution is 2.28. The summed E-state index contributed by atoms with van der Waals surface area (Å²) in [6.45, 7) is 0.642. The Kier molecular flexibility index (Phi) is 3.46. The number of nitrogens with zero attached hydrogens (tertiary/aromatic N) is 4. The SMILES string of the molecule is c1ccc(-c2nnc(Cn3cnc4ccccc43)c3ccccc23)cc1. The molecule has 4 heteroatoms. The van der Waals surface area contributed by atoms with Crippen molar-refractivity contribution in [2.24, 2.45) is 0 Å². The number of fused-ring (bicyclic) bond motifs is 2. The van der Waals surface area contributed by atoms with Gasteiger partial charge in [0.05, 0.1) is 29.6 Å². The fourth-order valence-electron chi connectivity index (χ4n) is 3.38. The lowest BCUT2D eigenvalue weighted by Crippen LogP contribution is -2.04. The molecule has 0 saturated heterocycles. The van der Waals surface area contributed by atoms with Crippen molar-refractivity contribution in [3.63, 3.8) is 0 Å². The second-order valence-corrected chi connectivity index (χ2v) is 6.27. The van der Waals surface area contributed by atoms with Crippen LogP contribution in [0.25, 0.3) is 33.1 Å². The normalized spacial score (nSPS) is 11.2. The maximum absolute atomic E-state index is 4.57. The molecule has 0 aliphatic carbocycles. The van der Waals surface area contributed by atoms with Crippen molar-refractivity contribution >= 4 is 21.8 Å². The summed E-state index contributed by atoms with van der Waals surface area (Å²) < 4.78 is 2.12. The highest BCUT2D eigenvalue weighted by Gasteiger charge is 2.12. The molecule has 124 valence electrons. The molecule has 0 amide bonds. The lowest BCUT2D eigenvalue weighted by molar-refractivity contribution is 0.783. The summed E-state index contributed by atoms with van der Waals surface area (Å²) in [6.07, 6.45) is 1.87. The third-order valence-electron chi connectivity index (χ3n) is 4.66. The van der Waals surface area contributed by atoms with Crippen molar-refractivity contribution in [3.8, 4) is 11.3 Å². The van der Waals surface area contributed by atoms with Crippen LogP contribution in [0.3, 0.4) is 0 Å². The molecule has 0 N–H and O–H groups in total. The summed E-state index contributed by atoms with van der Waals surface area (Å²) >= 11 is 0. The molecule has 0 unspecified atom stereocenters. The van der Waals surface area contributed by atoms with Gasteiger partial charge in [-0.2, -0.15) is 5.10 Å². The zero-order chi connectivity index (χ0) is 17.3. The predicted molar refractivity (Wildman–Crippen MR) is 104 cm³/mol. The monoisotopic (exact) mass is 336 g/mol. The molecule has 26 heavy (non-hydrogen) atoms. The Hall–Kier alpha value is -3.53. The molecule has 0 aliphatic heterocycles. The summed E-state index contributed by atoms with van der Waals surface area (Å²) in [5.41, 5.74) is 5.04. The molecule has 2 heterocycles. The fourth-order valence-corrected chi connectivity index (χ4v) is 3.38. The Morgan fingerprint density at radius 3 is 2.31 bits per heavy atom. The van der Waals surface area contributed by atoms with Gasteiger partial charge >= 0.3 is 0 Å². The minimum absolute atomic E-state index is 0.642. The average Bonchev–Trinajstić information content (AvgIpc) is 3.12. The molecule has 0 spiro atoms. The molecule has 4 nitrogen and oxygen atoms in total. The van der Waals surface area contributed by atoms with Gasteiger partial charge in [-0.05, 0) is 12.1 Å². The third kappa shape index (κ3) is 2.43. The number of imidazole rings is 1.